The molecule has 2 aromatic rings. The minimum atomic E-state index is -4.46. The smallest absolute Gasteiger partial charge is 0.417 e. The van der Waals surface area contributed by atoms with Crippen molar-refractivity contribution in [1.29, 1.82) is 0 Å². The second kappa shape index (κ2) is 9.10. The molecular weight excluding hydrogens is 391 g/mol. The molecule has 0 radical (unpaired) electrons. The van der Waals surface area contributed by atoms with E-state index in [2.05, 4.69) is 9.88 Å². The van der Waals surface area contributed by atoms with Gasteiger partial charge < -0.3 is 19.5 Å². The van der Waals surface area contributed by atoms with Gasteiger partial charge in [-0.05, 0) is 30.3 Å². The van der Waals surface area contributed by atoms with Gasteiger partial charge >= 0.3 is 12.3 Å². The van der Waals surface area contributed by atoms with Crippen molar-refractivity contribution in [2.45, 2.75) is 6.18 Å². The average Bonchev–Trinajstić information content (AvgIpc) is 2.70. The zero-order chi connectivity index (χ0) is 20.9. The minimum absolute atomic E-state index is 0.0171. The quantitative estimate of drug-likeness (QED) is 0.816. The lowest BCUT2D eigenvalue weighted by atomic mass is 10.3. The first-order valence-electron chi connectivity index (χ1n) is 8.96. The zero-order valence-electron chi connectivity index (χ0n) is 15.4. The van der Waals surface area contributed by atoms with Crippen LogP contribution in [-0.2, 0) is 6.18 Å². The Morgan fingerprint density at radius 2 is 1.69 bits per heavy atom. The van der Waals surface area contributed by atoms with Crippen molar-refractivity contribution in [3.05, 3.63) is 48.2 Å². The third kappa shape index (κ3) is 5.81. The van der Waals surface area contributed by atoms with Gasteiger partial charge in [-0.3, -0.25) is 4.90 Å². The SMILES string of the molecule is O=C(Oc1ccc(Oc2ccc(C(F)(F)F)cn2)cc1)N1CCN(CCO)CC1. The molecule has 1 aliphatic rings. The van der Waals surface area contributed by atoms with E-state index in [0.29, 0.717) is 50.4 Å². The number of benzene rings is 1. The van der Waals surface area contributed by atoms with Crippen LogP contribution in [0.1, 0.15) is 5.56 Å². The van der Waals surface area contributed by atoms with Crippen molar-refractivity contribution >= 4 is 6.09 Å². The molecule has 0 spiro atoms. The van der Waals surface area contributed by atoms with Crippen molar-refractivity contribution in [1.82, 2.24) is 14.8 Å². The summed E-state index contributed by atoms with van der Waals surface area (Å²) >= 11 is 0. The number of amides is 1. The van der Waals surface area contributed by atoms with Crippen LogP contribution in [0.2, 0.25) is 0 Å². The van der Waals surface area contributed by atoms with E-state index in [4.69, 9.17) is 14.6 Å². The standard InChI is InChI=1S/C19H20F3N3O4/c20-19(21,22)14-1-6-17(23-13-14)28-15-2-4-16(5-3-15)29-18(27)25-9-7-24(8-10-25)11-12-26/h1-6,13,26H,7-12H2. The molecule has 7 nitrogen and oxygen atoms in total. The van der Waals surface area contributed by atoms with E-state index >= 15 is 0 Å². The van der Waals surface area contributed by atoms with Gasteiger partial charge in [-0.15, -0.1) is 0 Å². The van der Waals surface area contributed by atoms with E-state index in [1.165, 1.54) is 24.3 Å². The molecule has 1 aromatic heterocycles. The van der Waals surface area contributed by atoms with E-state index in [9.17, 15) is 18.0 Å². The molecule has 10 heteroatoms. The summed E-state index contributed by atoms with van der Waals surface area (Å²) in [6.07, 6.45) is -4.22. The molecule has 156 valence electrons. The average molecular weight is 411 g/mol. The molecule has 1 saturated heterocycles. The molecule has 0 bridgehead atoms. The van der Waals surface area contributed by atoms with Gasteiger partial charge in [-0.2, -0.15) is 13.2 Å². The zero-order valence-corrected chi connectivity index (χ0v) is 15.4. The number of nitrogens with zero attached hydrogens (tertiary/aromatic N) is 3. The van der Waals surface area contributed by atoms with Crippen LogP contribution in [0.4, 0.5) is 18.0 Å². The summed E-state index contributed by atoms with van der Waals surface area (Å²) in [7, 11) is 0. The Balaban J connectivity index is 1.52. The fraction of sp³-hybridized carbons (Fsp3) is 0.368. The van der Waals surface area contributed by atoms with Crippen molar-refractivity contribution in [3.8, 4) is 17.4 Å². The van der Waals surface area contributed by atoms with Crippen LogP contribution in [0.5, 0.6) is 17.4 Å². The van der Waals surface area contributed by atoms with Crippen molar-refractivity contribution in [2.75, 3.05) is 39.3 Å². The first kappa shape index (κ1) is 20.9. The van der Waals surface area contributed by atoms with Gasteiger partial charge in [0.25, 0.3) is 0 Å². The highest BCUT2D eigenvalue weighted by molar-refractivity contribution is 5.70. The molecule has 3 rings (SSSR count). The van der Waals surface area contributed by atoms with Gasteiger partial charge in [0.1, 0.15) is 11.5 Å². The van der Waals surface area contributed by atoms with Gasteiger partial charge in [0.15, 0.2) is 0 Å². The number of aromatic nitrogens is 1. The monoisotopic (exact) mass is 411 g/mol. The molecule has 0 atom stereocenters. The highest BCUT2D eigenvalue weighted by Crippen LogP contribution is 2.30. The van der Waals surface area contributed by atoms with Gasteiger partial charge in [-0.25, -0.2) is 9.78 Å². The summed E-state index contributed by atoms with van der Waals surface area (Å²) in [6.45, 7) is 3.03. The normalized spacial score (nSPS) is 15.2. The molecule has 0 aliphatic carbocycles. The number of piperazine rings is 1. The predicted molar refractivity (Wildman–Crippen MR) is 96.9 cm³/mol. The lowest BCUT2D eigenvalue weighted by Gasteiger charge is -2.33. The molecule has 1 N–H and O–H groups in total. The summed E-state index contributed by atoms with van der Waals surface area (Å²) in [5, 5.41) is 8.94. The van der Waals surface area contributed by atoms with Crippen LogP contribution in [-0.4, -0.2) is 65.3 Å². The number of rotatable bonds is 5. The molecule has 29 heavy (non-hydrogen) atoms. The Bertz CT molecular complexity index is 805. The van der Waals surface area contributed by atoms with E-state index < -0.39 is 17.8 Å². The Labute approximate surface area is 165 Å². The predicted octanol–water partition coefficient (Wildman–Crippen LogP) is 3.00. The molecule has 1 aliphatic heterocycles. The van der Waals surface area contributed by atoms with E-state index in [1.807, 2.05) is 0 Å². The number of pyridine rings is 1. The number of aliphatic hydroxyl groups excluding tert-OH is 1. The van der Waals surface area contributed by atoms with Crippen LogP contribution >= 0.6 is 0 Å². The summed E-state index contributed by atoms with van der Waals surface area (Å²) in [5.74, 6) is 0.679. The molecular formula is C19H20F3N3O4. The highest BCUT2D eigenvalue weighted by atomic mass is 19.4. The Kier molecular flexibility index (Phi) is 6.55. The third-order valence-electron chi connectivity index (χ3n) is 4.36. The maximum absolute atomic E-state index is 12.5. The largest absolute Gasteiger partial charge is 0.439 e. The second-order valence-corrected chi connectivity index (χ2v) is 6.38. The van der Waals surface area contributed by atoms with Crippen molar-refractivity contribution < 1.29 is 32.5 Å². The molecule has 0 saturated carbocycles. The third-order valence-corrected chi connectivity index (χ3v) is 4.36. The van der Waals surface area contributed by atoms with E-state index in [0.717, 1.165) is 12.1 Å². The first-order chi connectivity index (χ1) is 13.8. The second-order valence-electron chi connectivity index (χ2n) is 6.38. The van der Waals surface area contributed by atoms with Crippen LogP contribution < -0.4 is 9.47 Å². The van der Waals surface area contributed by atoms with Gasteiger partial charge in [-0.1, -0.05) is 0 Å². The Morgan fingerprint density at radius 3 is 2.24 bits per heavy atom. The minimum Gasteiger partial charge on any atom is -0.439 e. The number of carbonyl (C=O) groups excluding carboxylic acids is 1. The first-order valence-corrected chi connectivity index (χ1v) is 8.96. The Morgan fingerprint density at radius 1 is 1.03 bits per heavy atom. The molecule has 1 aromatic carbocycles. The number of carbonyl (C=O) groups is 1. The Hall–Kier alpha value is -2.85. The van der Waals surface area contributed by atoms with Crippen LogP contribution in [0.3, 0.4) is 0 Å². The lowest BCUT2D eigenvalue weighted by molar-refractivity contribution is -0.137. The van der Waals surface area contributed by atoms with Crippen molar-refractivity contribution in [2.24, 2.45) is 0 Å². The summed E-state index contributed by atoms with van der Waals surface area (Å²) in [4.78, 5) is 19.5. The van der Waals surface area contributed by atoms with Crippen molar-refractivity contribution in [3.63, 3.8) is 0 Å². The molecule has 2 heterocycles. The van der Waals surface area contributed by atoms with E-state index in [-0.39, 0.29) is 12.5 Å². The van der Waals surface area contributed by atoms with Crippen LogP contribution in [0, 0.1) is 0 Å². The number of hydrogen-bond acceptors (Lipinski definition) is 6. The van der Waals surface area contributed by atoms with Gasteiger partial charge in [0.05, 0.1) is 12.2 Å². The molecule has 1 fully saturated rings. The lowest BCUT2D eigenvalue weighted by Crippen LogP contribution is -2.50. The fourth-order valence-electron chi connectivity index (χ4n) is 2.77. The number of hydrogen-bond donors (Lipinski definition) is 1. The van der Waals surface area contributed by atoms with E-state index in [1.54, 1.807) is 4.90 Å². The number of β-amino-alcohol motifs (C(OH)–C–C–N with tert-alkyl or cyclic N) is 1. The topological polar surface area (TPSA) is 75.1 Å². The van der Waals surface area contributed by atoms with Gasteiger partial charge in [0, 0.05) is 45.0 Å². The number of alkyl halides is 3. The number of ether oxygens (including phenoxy) is 2. The summed E-state index contributed by atoms with van der Waals surface area (Å²) in [5.41, 5.74) is -0.857. The molecule has 0 unspecified atom stereocenters. The summed E-state index contributed by atoms with van der Waals surface area (Å²) < 4.78 is 48.4. The number of halogens is 3. The fourth-order valence-corrected chi connectivity index (χ4v) is 2.77. The maximum atomic E-state index is 12.5. The van der Waals surface area contributed by atoms with Gasteiger partial charge in [0.2, 0.25) is 5.88 Å². The maximum Gasteiger partial charge on any atom is 0.417 e. The van der Waals surface area contributed by atoms with Crippen LogP contribution in [0.25, 0.3) is 0 Å². The molecule has 1 amide bonds. The summed E-state index contributed by atoms with van der Waals surface area (Å²) in [6, 6.07) is 8.13. The van der Waals surface area contributed by atoms with Crippen LogP contribution in [0.15, 0.2) is 42.6 Å². The highest BCUT2D eigenvalue weighted by Gasteiger charge is 2.30. The number of aliphatic hydroxyl groups is 1.